The third-order valence-corrected chi connectivity index (χ3v) is 11.4. The number of benzene rings is 2. The molecule has 10 heteroatoms. The molecule has 1 aliphatic heterocycles. The molecule has 0 N–H and O–H groups in total. The highest BCUT2D eigenvalue weighted by Crippen LogP contribution is 2.48. The van der Waals surface area contributed by atoms with Crippen LogP contribution >= 0.6 is 11.8 Å². The first kappa shape index (κ1) is 27.6. The number of likely N-dealkylation sites (tertiary alicyclic amines) is 1. The Morgan fingerprint density at radius 1 is 1.05 bits per heavy atom. The van der Waals surface area contributed by atoms with Crippen molar-refractivity contribution in [3.8, 4) is 0 Å². The minimum Gasteiger partial charge on any atom is -0.453 e. The van der Waals surface area contributed by atoms with Crippen molar-refractivity contribution >= 4 is 33.5 Å². The van der Waals surface area contributed by atoms with Crippen LogP contribution in [0.2, 0.25) is 0 Å². The van der Waals surface area contributed by atoms with E-state index in [1.165, 1.54) is 26.0 Å². The predicted octanol–water partition coefficient (Wildman–Crippen LogP) is 4.39. The van der Waals surface area contributed by atoms with Gasteiger partial charge in [0.2, 0.25) is 0 Å². The first-order valence-electron chi connectivity index (χ1n) is 12.3. The van der Waals surface area contributed by atoms with E-state index in [9.17, 15) is 18.0 Å². The van der Waals surface area contributed by atoms with Gasteiger partial charge in [-0.3, -0.25) is 9.69 Å². The lowest BCUT2D eigenvalue weighted by molar-refractivity contribution is -0.147. The van der Waals surface area contributed by atoms with Gasteiger partial charge in [-0.25, -0.2) is 13.2 Å². The molecule has 0 spiro atoms. The Kier molecular flexibility index (Phi) is 8.94. The van der Waals surface area contributed by atoms with E-state index < -0.39 is 38.6 Å². The van der Waals surface area contributed by atoms with Gasteiger partial charge in [0.15, 0.2) is 9.84 Å². The molecule has 1 aliphatic carbocycles. The van der Waals surface area contributed by atoms with Gasteiger partial charge in [0.1, 0.15) is 17.2 Å². The Morgan fingerprint density at radius 2 is 1.70 bits per heavy atom. The molecule has 1 unspecified atom stereocenters. The molecule has 8 nitrogen and oxygen atoms in total. The van der Waals surface area contributed by atoms with Crippen LogP contribution in [0, 0.1) is 11.8 Å². The van der Waals surface area contributed by atoms with E-state index in [1.54, 1.807) is 35.2 Å². The van der Waals surface area contributed by atoms with Crippen LogP contribution in [0.3, 0.4) is 0 Å². The molecule has 1 heterocycles. The van der Waals surface area contributed by atoms with Crippen molar-refractivity contribution in [2.75, 3.05) is 21.0 Å². The first-order valence-corrected chi connectivity index (χ1v) is 14.7. The second-order valence-corrected chi connectivity index (χ2v) is 13.0. The molecule has 37 heavy (non-hydrogen) atoms. The smallest absolute Gasteiger partial charge is 0.410 e. The molecule has 2 aliphatic rings. The molecule has 0 bridgehead atoms. The maximum atomic E-state index is 14.1. The molecule has 2 fully saturated rings. The summed E-state index contributed by atoms with van der Waals surface area (Å²) in [5.41, 5.74) is 0. The zero-order valence-corrected chi connectivity index (χ0v) is 22.8. The van der Waals surface area contributed by atoms with Crippen molar-refractivity contribution in [3.63, 3.8) is 0 Å². The van der Waals surface area contributed by atoms with Crippen LogP contribution in [-0.2, 0) is 28.8 Å². The van der Waals surface area contributed by atoms with Gasteiger partial charge in [-0.15, -0.1) is 11.8 Å². The van der Waals surface area contributed by atoms with Crippen molar-refractivity contribution in [2.45, 2.75) is 58.7 Å². The molecule has 0 radical (unpaired) electrons. The second kappa shape index (κ2) is 12.0. The number of fused-ring (bicyclic) bond motifs is 1. The molecule has 4 rings (SSSR count). The summed E-state index contributed by atoms with van der Waals surface area (Å²) >= 11 is 1.25. The maximum absolute atomic E-state index is 14.1. The number of hydrogen-bond acceptors (Lipinski definition) is 8. The van der Waals surface area contributed by atoms with E-state index in [4.69, 9.17) is 14.2 Å². The number of rotatable bonds is 8. The van der Waals surface area contributed by atoms with E-state index in [0.29, 0.717) is 6.42 Å². The largest absolute Gasteiger partial charge is 0.453 e. The zero-order chi connectivity index (χ0) is 26.6. The van der Waals surface area contributed by atoms with E-state index in [2.05, 4.69) is 0 Å². The van der Waals surface area contributed by atoms with Gasteiger partial charge >= 0.3 is 6.09 Å². The van der Waals surface area contributed by atoms with E-state index in [1.807, 2.05) is 37.3 Å². The summed E-state index contributed by atoms with van der Waals surface area (Å²) < 4.78 is 43.5. The van der Waals surface area contributed by atoms with Crippen LogP contribution in [0.15, 0.2) is 70.5 Å². The van der Waals surface area contributed by atoms with Gasteiger partial charge in [-0.05, 0) is 49.4 Å². The maximum Gasteiger partial charge on any atom is 0.410 e. The molecule has 1 amide bonds. The van der Waals surface area contributed by atoms with Gasteiger partial charge in [0, 0.05) is 30.9 Å². The van der Waals surface area contributed by atoms with Gasteiger partial charge in [0.05, 0.1) is 24.2 Å². The lowest BCUT2D eigenvalue weighted by atomic mass is 9.69. The van der Waals surface area contributed by atoms with Crippen molar-refractivity contribution < 1.29 is 32.2 Å². The van der Waals surface area contributed by atoms with Crippen LogP contribution in [0.25, 0.3) is 0 Å². The number of amides is 1. The number of piperidine rings is 1. The number of nitrogens with zero attached hydrogens (tertiary/aromatic N) is 1. The molecule has 1 saturated heterocycles. The summed E-state index contributed by atoms with van der Waals surface area (Å²) in [5, 5.41) is 0. The predicted molar refractivity (Wildman–Crippen MR) is 140 cm³/mol. The Labute approximate surface area is 222 Å². The van der Waals surface area contributed by atoms with Crippen LogP contribution in [-0.4, -0.2) is 69.0 Å². The van der Waals surface area contributed by atoms with E-state index >= 15 is 0 Å². The quantitative estimate of drug-likeness (QED) is 0.354. The van der Waals surface area contributed by atoms with Gasteiger partial charge in [-0.1, -0.05) is 36.4 Å². The number of sulfone groups is 1. The van der Waals surface area contributed by atoms with Crippen LogP contribution in [0.5, 0.6) is 0 Å². The van der Waals surface area contributed by atoms with Crippen molar-refractivity contribution in [3.05, 3.63) is 60.7 Å². The average molecular weight is 548 g/mol. The average Bonchev–Trinajstić information content (AvgIpc) is 2.91. The van der Waals surface area contributed by atoms with E-state index in [-0.39, 0.29) is 42.3 Å². The molecule has 200 valence electrons. The van der Waals surface area contributed by atoms with Crippen LogP contribution in [0.1, 0.15) is 26.2 Å². The Balaban J connectivity index is 1.79. The summed E-state index contributed by atoms with van der Waals surface area (Å²) in [5.74, 6) is -0.907. The minimum absolute atomic E-state index is 0.0372. The lowest BCUT2D eigenvalue weighted by Gasteiger charge is -2.52. The van der Waals surface area contributed by atoms with Crippen molar-refractivity contribution in [1.29, 1.82) is 0 Å². The topological polar surface area (TPSA) is 99.2 Å². The van der Waals surface area contributed by atoms with Gasteiger partial charge in [-0.2, -0.15) is 0 Å². The Hall–Kier alpha value is -2.40. The number of Topliss-reactive ketones (excluding diaryl/α,β-unsaturated/α-hetero) is 1. The number of ketones is 1. The van der Waals surface area contributed by atoms with Crippen molar-refractivity contribution in [2.24, 2.45) is 11.8 Å². The van der Waals surface area contributed by atoms with E-state index in [0.717, 1.165) is 4.90 Å². The SMILES string of the molecule is COCO[C@H]1C[C@@H]2[C@@H](CC(=O)C[C@H]2C(Sc2ccccc2)S(=O)(=O)c2ccccc2)N(C(=O)OC)[C@H]1C. The van der Waals surface area contributed by atoms with Gasteiger partial charge in [0.25, 0.3) is 0 Å². The first-order chi connectivity index (χ1) is 17.8. The Bertz CT molecular complexity index is 1180. The van der Waals surface area contributed by atoms with Crippen LogP contribution < -0.4 is 0 Å². The second-order valence-electron chi connectivity index (χ2n) is 9.46. The fourth-order valence-corrected chi connectivity index (χ4v) is 9.37. The highest BCUT2D eigenvalue weighted by Gasteiger charge is 2.54. The summed E-state index contributed by atoms with van der Waals surface area (Å²) in [6.45, 7) is 1.90. The fraction of sp³-hybridized carbons (Fsp3) is 0.481. The number of carbonyl (C=O) groups is 2. The summed E-state index contributed by atoms with van der Waals surface area (Å²) in [6, 6.07) is 16.8. The normalized spacial score (nSPS) is 26.8. The molecule has 2 aromatic rings. The Morgan fingerprint density at radius 3 is 2.32 bits per heavy atom. The minimum atomic E-state index is -3.85. The molecular formula is C27H33NO7S2. The highest BCUT2D eigenvalue weighted by atomic mass is 32.3. The number of thioether (sulfide) groups is 1. The molecule has 1 saturated carbocycles. The number of carbonyl (C=O) groups excluding carboxylic acids is 2. The molecule has 2 aromatic carbocycles. The number of hydrogen-bond donors (Lipinski definition) is 0. The fourth-order valence-electron chi connectivity index (χ4n) is 5.58. The summed E-state index contributed by atoms with van der Waals surface area (Å²) in [7, 11) is -1.03. The monoisotopic (exact) mass is 547 g/mol. The molecular weight excluding hydrogens is 514 g/mol. The van der Waals surface area contributed by atoms with Crippen LogP contribution in [0.4, 0.5) is 4.79 Å². The number of methoxy groups -OCH3 is 2. The summed E-state index contributed by atoms with van der Waals surface area (Å²) in [6.07, 6.45) is -0.196. The molecule has 6 atom stereocenters. The lowest BCUT2D eigenvalue weighted by Crippen LogP contribution is -2.63. The zero-order valence-electron chi connectivity index (χ0n) is 21.2. The summed E-state index contributed by atoms with van der Waals surface area (Å²) in [4.78, 5) is 28.6. The molecule has 0 aromatic heterocycles. The third-order valence-electron chi connectivity index (χ3n) is 7.29. The highest BCUT2D eigenvalue weighted by molar-refractivity contribution is 8.13. The van der Waals surface area contributed by atoms with Gasteiger partial charge < -0.3 is 14.2 Å². The van der Waals surface area contributed by atoms with Crippen molar-refractivity contribution in [1.82, 2.24) is 4.90 Å². The third kappa shape index (κ3) is 5.87. The standard InChI is InChI=1S/C27H33NO7S2/c1-18-25(35-17-33-2)16-22-23(14-19(29)15-24(22)28(18)27(30)34-3)26(36-20-10-6-4-7-11-20)37(31,32)21-12-8-5-9-13-21/h4-13,18,22-26H,14-17H2,1-3H3/t18-,22-,23+,24+,25-,26?/m0/s1. The number of ether oxygens (including phenoxy) is 3.